The summed E-state index contributed by atoms with van der Waals surface area (Å²) in [6, 6.07) is 17.2. The minimum Gasteiger partial charge on any atom is -0.322 e. The first-order chi connectivity index (χ1) is 12.9. The highest BCUT2D eigenvalue weighted by Gasteiger charge is 2.29. The predicted molar refractivity (Wildman–Crippen MR) is 104 cm³/mol. The van der Waals surface area contributed by atoms with Crippen LogP contribution in [0.3, 0.4) is 0 Å². The van der Waals surface area contributed by atoms with Crippen LogP contribution in [0.15, 0.2) is 60.7 Å². The molecule has 0 saturated carbocycles. The smallest absolute Gasteiger partial charge is 0.255 e. The second kappa shape index (κ2) is 6.32. The number of benzene rings is 3. The lowest BCUT2D eigenvalue weighted by atomic mass is 9.84. The first-order valence-electron chi connectivity index (χ1n) is 8.66. The molecule has 132 valence electrons. The molecular formula is C23H17NO3. The molecule has 1 N–H and O–H groups in total. The van der Waals surface area contributed by atoms with Crippen LogP contribution in [0.2, 0.25) is 0 Å². The normalized spacial score (nSPS) is 12.4. The van der Waals surface area contributed by atoms with Crippen molar-refractivity contribution in [3.63, 3.8) is 0 Å². The van der Waals surface area contributed by atoms with E-state index in [9.17, 15) is 14.4 Å². The number of hydrogen-bond acceptors (Lipinski definition) is 3. The first-order valence-corrected chi connectivity index (χ1v) is 8.66. The largest absolute Gasteiger partial charge is 0.322 e. The van der Waals surface area contributed by atoms with Crippen molar-refractivity contribution in [3.8, 4) is 0 Å². The van der Waals surface area contributed by atoms with Crippen LogP contribution in [0.4, 0.5) is 5.69 Å². The monoisotopic (exact) mass is 355 g/mol. The fraction of sp³-hybridized carbons (Fsp3) is 0.0870. The quantitative estimate of drug-likeness (QED) is 0.582. The van der Waals surface area contributed by atoms with Gasteiger partial charge in [-0.2, -0.15) is 0 Å². The molecule has 0 atom stereocenters. The number of fused-ring (bicyclic) bond motifs is 2. The Labute approximate surface area is 156 Å². The maximum atomic E-state index is 12.8. The Balaban J connectivity index is 1.68. The van der Waals surface area contributed by atoms with Gasteiger partial charge in [0.25, 0.3) is 5.91 Å². The summed E-state index contributed by atoms with van der Waals surface area (Å²) in [4.78, 5) is 38.0. The number of carbonyl (C=O) groups excluding carboxylic acids is 3. The molecule has 3 aromatic carbocycles. The van der Waals surface area contributed by atoms with Gasteiger partial charge in [0, 0.05) is 33.5 Å². The van der Waals surface area contributed by atoms with E-state index in [1.165, 1.54) is 0 Å². The standard InChI is InChI=1S/C23H17NO3/c1-13-9-14(2)11-15(10-13)23(27)24-16-7-8-19-20(12-16)22(26)18-6-4-3-5-17(18)21(19)25/h3-12H,1-2H3,(H,24,27). The highest BCUT2D eigenvalue weighted by molar-refractivity contribution is 6.28. The SMILES string of the molecule is Cc1cc(C)cc(C(=O)Nc2ccc3c(c2)C(=O)c2ccccc2C3=O)c1. The molecule has 4 rings (SSSR count). The number of hydrogen-bond donors (Lipinski definition) is 1. The lowest BCUT2D eigenvalue weighted by Gasteiger charge is -2.18. The third-order valence-corrected chi connectivity index (χ3v) is 4.67. The Morgan fingerprint density at radius 3 is 1.89 bits per heavy atom. The van der Waals surface area contributed by atoms with E-state index in [2.05, 4.69) is 5.32 Å². The van der Waals surface area contributed by atoms with Crippen LogP contribution in [0.5, 0.6) is 0 Å². The van der Waals surface area contributed by atoms with Gasteiger partial charge in [-0.25, -0.2) is 0 Å². The molecule has 1 aliphatic rings. The molecular weight excluding hydrogens is 338 g/mol. The molecule has 0 heterocycles. The van der Waals surface area contributed by atoms with Gasteiger partial charge in [-0.15, -0.1) is 0 Å². The maximum Gasteiger partial charge on any atom is 0.255 e. The molecule has 0 aliphatic heterocycles. The van der Waals surface area contributed by atoms with Crippen molar-refractivity contribution < 1.29 is 14.4 Å². The molecule has 3 aromatic rings. The minimum absolute atomic E-state index is 0.174. The molecule has 1 aliphatic carbocycles. The predicted octanol–water partition coefficient (Wildman–Crippen LogP) is 4.33. The van der Waals surface area contributed by atoms with Crippen molar-refractivity contribution in [1.82, 2.24) is 0 Å². The van der Waals surface area contributed by atoms with Crippen LogP contribution in [0, 0.1) is 13.8 Å². The van der Waals surface area contributed by atoms with Crippen LogP contribution in [0.25, 0.3) is 0 Å². The number of rotatable bonds is 2. The minimum atomic E-state index is -0.253. The topological polar surface area (TPSA) is 63.2 Å². The number of nitrogens with one attached hydrogen (secondary N) is 1. The highest BCUT2D eigenvalue weighted by Crippen LogP contribution is 2.29. The first kappa shape index (κ1) is 16.9. The van der Waals surface area contributed by atoms with Gasteiger partial charge in [-0.1, -0.05) is 41.5 Å². The lowest BCUT2D eigenvalue weighted by molar-refractivity contribution is 0.0979. The van der Waals surface area contributed by atoms with E-state index >= 15 is 0 Å². The van der Waals surface area contributed by atoms with E-state index in [1.807, 2.05) is 32.0 Å². The van der Waals surface area contributed by atoms with E-state index in [0.29, 0.717) is 33.5 Å². The molecule has 1 amide bonds. The van der Waals surface area contributed by atoms with Gasteiger partial charge in [0.2, 0.25) is 0 Å². The molecule has 0 radical (unpaired) electrons. The van der Waals surface area contributed by atoms with Crippen molar-refractivity contribution in [2.75, 3.05) is 5.32 Å². The number of aryl methyl sites for hydroxylation is 2. The van der Waals surface area contributed by atoms with E-state index in [-0.39, 0.29) is 17.5 Å². The van der Waals surface area contributed by atoms with Crippen molar-refractivity contribution in [2.45, 2.75) is 13.8 Å². The fourth-order valence-corrected chi connectivity index (χ4v) is 3.49. The van der Waals surface area contributed by atoms with Crippen LogP contribution in [-0.2, 0) is 0 Å². The number of ketones is 2. The van der Waals surface area contributed by atoms with Crippen LogP contribution >= 0.6 is 0 Å². The van der Waals surface area contributed by atoms with E-state index in [4.69, 9.17) is 0 Å². The van der Waals surface area contributed by atoms with Crippen molar-refractivity contribution in [3.05, 3.63) is 99.6 Å². The van der Waals surface area contributed by atoms with Crippen molar-refractivity contribution in [1.29, 1.82) is 0 Å². The van der Waals surface area contributed by atoms with Gasteiger partial charge in [0.05, 0.1) is 0 Å². The second-order valence-electron chi connectivity index (χ2n) is 6.79. The summed E-state index contributed by atoms with van der Waals surface area (Å²) in [5, 5.41) is 2.82. The summed E-state index contributed by atoms with van der Waals surface area (Å²) in [7, 11) is 0. The third-order valence-electron chi connectivity index (χ3n) is 4.67. The van der Waals surface area contributed by atoms with E-state index in [1.54, 1.807) is 42.5 Å². The van der Waals surface area contributed by atoms with Crippen LogP contribution in [0.1, 0.15) is 53.3 Å². The molecule has 0 saturated heterocycles. The molecule has 0 spiro atoms. The molecule has 0 aromatic heterocycles. The molecule has 4 heteroatoms. The van der Waals surface area contributed by atoms with Gasteiger partial charge in [-0.3, -0.25) is 14.4 Å². The highest BCUT2D eigenvalue weighted by atomic mass is 16.2. The van der Waals surface area contributed by atoms with E-state index < -0.39 is 0 Å². The Morgan fingerprint density at radius 1 is 0.704 bits per heavy atom. The summed E-state index contributed by atoms with van der Waals surface area (Å²) in [6.07, 6.45) is 0. The molecule has 0 unspecified atom stereocenters. The van der Waals surface area contributed by atoms with Crippen molar-refractivity contribution in [2.24, 2.45) is 0 Å². The summed E-state index contributed by atoms with van der Waals surface area (Å²) in [5.41, 5.74) is 4.54. The second-order valence-corrected chi connectivity index (χ2v) is 6.79. The fourth-order valence-electron chi connectivity index (χ4n) is 3.49. The van der Waals surface area contributed by atoms with Gasteiger partial charge in [0.1, 0.15) is 0 Å². The zero-order chi connectivity index (χ0) is 19.1. The zero-order valence-corrected chi connectivity index (χ0v) is 15.0. The van der Waals surface area contributed by atoms with Gasteiger partial charge >= 0.3 is 0 Å². The molecule has 27 heavy (non-hydrogen) atoms. The summed E-state index contributed by atoms with van der Waals surface area (Å²) in [6.45, 7) is 3.87. The van der Waals surface area contributed by atoms with E-state index in [0.717, 1.165) is 11.1 Å². The summed E-state index contributed by atoms with van der Waals surface area (Å²) in [5.74, 6) is -0.633. The average Bonchev–Trinajstić information content (AvgIpc) is 2.65. The van der Waals surface area contributed by atoms with Gasteiger partial charge in [0.15, 0.2) is 11.6 Å². The molecule has 0 bridgehead atoms. The maximum absolute atomic E-state index is 12.8. The Hall–Kier alpha value is -3.53. The molecule has 4 nitrogen and oxygen atoms in total. The number of amides is 1. The number of anilines is 1. The summed E-state index contributed by atoms with van der Waals surface area (Å²) < 4.78 is 0. The Morgan fingerprint density at radius 2 is 1.26 bits per heavy atom. The van der Waals surface area contributed by atoms with Gasteiger partial charge < -0.3 is 5.32 Å². The number of carbonyl (C=O) groups is 3. The lowest BCUT2D eigenvalue weighted by Crippen LogP contribution is -2.21. The average molecular weight is 355 g/mol. The van der Waals surface area contributed by atoms with Crippen molar-refractivity contribution >= 4 is 23.2 Å². The summed E-state index contributed by atoms with van der Waals surface area (Å²) >= 11 is 0. The third kappa shape index (κ3) is 2.95. The Kier molecular flexibility index (Phi) is 3.96. The van der Waals surface area contributed by atoms with Crippen LogP contribution in [-0.4, -0.2) is 17.5 Å². The molecule has 0 fully saturated rings. The van der Waals surface area contributed by atoms with Crippen LogP contribution < -0.4 is 5.32 Å². The Bertz CT molecular complexity index is 1110. The van der Waals surface area contributed by atoms with Gasteiger partial charge in [-0.05, 0) is 44.2 Å². The zero-order valence-electron chi connectivity index (χ0n) is 15.0.